The number of ketones is 1. The Bertz CT molecular complexity index is 843. The molecule has 0 aliphatic rings. The number of esters is 1. The number of unbranched alkanes of at least 4 members (excludes halogenated alkanes) is 2. The average molecular weight is 446 g/mol. The van der Waals surface area contributed by atoms with Gasteiger partial charge in [-0.2, -0.15) is 8.42 Å². The first-order valence-corrected chi connectivity index (χ1v) is 11.0. The molecule has 0 aliphatic carbocycles. The monoisotopic (exact) mass is 445 g/mol. The van der Waals surface area contributed by atoms with Gasteiger partial charge >= 0.3 is 5.97 Å². The number of Topliss-reactive ketones (excluding diaryl/α,β-unsaturated/α-hetero) is 1. The fourth-order valence-electron chi connectivity index (χ4n) is 2.56. The van der Waals surface area contributed by atoms with Crippen LogP contribution in [0.4, 0.5) is 5.69 Å². The second kappa shape index (κ2) is 12.4. The molecule has 0 saturated carbocycles. The topological polar surface area (TPSA) is 125 Å². The van der Waals surface area contributed by atoms with E-state index in [2.05, 4.69) is 9.50 Å². The number of nitrogens with one attached hydrogen (secondary N) is 1. The first-order valence-electron chi connectivity index (χ1n) is 9.55. The Balaban J connectivity index is 0.00000900. The molecular weight excluding hydrogens is 414 g/mol. The molecule has 1 aromatic carbocycles. The number of para-hydroxylation sites is 1. The first kappa shape index (κ1) is 25.7. The minimum absolute atomic E-state index is 0. The van der Waals surface area contributed by atoms with Crippen molar-refractivity contribution in [3.8, 4) is 0 Å². The molecule has 0 spiro atoms. The van der Waals surface area contributed by atoms with Crippen molar-refractivity contribution >= 4 is 33.5 Å². The van der Waals surface area contributed by atoms with Gasteiger partial charge in [0.25, 0.3) is 10.1 Å². The van der Waals surface area contributed by atoms with E-state index in [1.807, 2.05) is 0 Å². The summed E-state index contributed by atoms with van der Waals surface area (Å²) in [5.74, 6) is -1.18. The van der Waals surface area contributed by atoms with Crippen LogP contribution < -0.4 is 5.32 Å². The van der Waals surface area contributed by atoms with Crippen molar-refractivity contribution in [1.29, 1.82) is 0 Å². The molecule has 0 aromatic heterocycles. The maximum absolute atomic E-state index is 12.2. The summed E-state index contributed by atoms with van der Waals surface area (Å²) in [6, 6.07) is 5.98. The zero-order chi connectivity index (χ0) is 22.7. The zero-order valence-electron chi connectivity index (χ0n) is 17.7. The highest BCUT2D eigenvalue weighted by molar-refractivity contribution is 7.87. The average Bonchev–Trinajstić information content (AvgIpc) is 2.71. The minimum atomic E-state index is -3.94. The van der Waals surface area contributed by atoms with Crippen molar-refractivity contribution in [3.63, 3.8) is 0 Å². The number of ether oxygens (including phenoxy) is 2. The lowest BCUT2D eigenvalue weighted by atomic mass is 10.1. The van der Waals surface area contributed by atoms with Crippen LogP contribution in [-0.2, 0) is 38.2 Å². The van der Waals surface area contributed by atoms with Gasteiger partial charge in [-0.15, -0.1) is 0 Å². The van der Waals surface area contributed by atoms with Gasteiger partial charge in [-0.25, -0.2) is 4.79 Å². The summed E-state index contributed by atoms with van der Waals surface area (Å²) < 4.78 is 38.4. The van der Waals surface area contributed by atoms with Crippen LogP contribution in [0.25, 0.3) is 0 Å². The van der Waals surface area contributed by atoms with Crippen molar-refractivity contribution in [2.45, 2.75) is 63.1 Å². The summed E-state index contributed by atoms with van der Waals surface area (Å²) in [5.41, 5.74) is 0.153. The van der Waals surface area contributed by atoms with E-state index in [9.17, 15) is 22.8 Å². The molecule has 2 atom stereocenters. The predicted octanol–water partition coefficient (Wildman–Crippen LogP) is 2.69. The summed E-state index contributed by atoms with van der Waals surface area (Å²) in [7, 11) is -1.51. The Morgan fingerprint density at radius 1 is 1.10 bits per heavy atom. The minimum Gasteiger partial charge on any atom is -0.452 e. The summed E-state index contributed by atoms with van der Waals surface area (Å²) in [6.45, 7) is 2.89. The van der Waals surface area contributed by atoms with Crippen molar-refractivity contribution in [2.24, 2.45) is 0 Å². The van der Waals surface area contributed by atoms with Crippen LogP contribution in [0.3, 0.4) is 0 Å². The molecule has 0 aliphatic heterocycles. The van der Waals surface area contributed by atoms with Crippen LogP contribution in [-0.4, -0.2) is 52.5 Å². The highest BCUT2D eigenvalue weighted by Gasteiger charge is 2.23. The third kappa shape index (κ3) is 8.21. The smallest absolute Gasteiger partial charge is 0.335 e. The molecule has 1 amide bonds. The molecule has 9 nitrogen and oxygen atoms in total. The van der Waals surface area contributed by atoms with Crippen LogP contribution in [0.1, 0.15) is 47.4 Å². The Kier molecular flexibility index (Phi) is 10.6. The van der Waals surface area contributed by atoms with Crippen molar-refractivity contribution < 1.29 is 37.9 Å². The van der Waals surface area contributed by atoms with Gasteiger partial charge in [0, 0.05) is 15.0 Å². The Morgan fingerprint density at radius 3 is 2.37 bits per heavy atom. The highest BCUT2D eigenvalue weighted by Crippen LogP contribution is 2.22. The number of carbonyl (C=O) groups excluding carboxylic acids is 3. The molecule has 1 aromatic rings. The third-order valence-electron chi connectivity index (χ3n) is 4.42. The van der Waals surface area contributed by atoms with Gasteiger partial charge in [-0.3, -0.25) is 13.8 Å². The molecule has 0 fully saturated rings. The number of anilines is 1. The SMILES string of the molecule is COC(C)C(=O)OC(CCCCCC(=O)Nc1ccccc1S(=O)(=O)OC)C(C)=O.[HH]. The van der Waals surface area contributed by atoms with Gasteiger partial charge in [0.15, 0.2) is 18.0 Å². The maximum atomic E-state index is 12.2. The van der Waals surface area contributed by atoms with Crippen LogP contribution in [0, 0.1) is 0 Å². The first-order chi connectivity index (χ1) is 14.1. The van der Waals surface area contributed by atoms with E-state index < -0.39 is 28.3 Å². The standard InChI is InChI=1S/C20H29NO8S.H2/c1-14(22)17(29-20(24)15(2)27-3)11-6-5-7-13-19(23)21-16-10-8-9-12-18(16)30(25,26)28-4;/h8-10,12,15,17H,5-7,11,13H2,1-4H3,(H,21,23);1H. The Labute approximate surface area is 178 Å². The van der Waals surface area contributed by atoms with Crippen LogP contribution >= 0.6 is 0 Å². The molecule has 0 radical (unpaired) electrons. The normalized spacial score (nSPS) is 13.3. The lowest BCUT2D eigenvalue weighted by Gasteiger charge is -2.17. The fourth-order valence-corrected chi connectivity index (χ4v) is 3.37. The predicted molar refractivity (Wildman–Crippen MR) is 111 cm³/mol. The van der Waals surface area contributed by atoms with Gasteiger partial charge in [-0.1, -0.05) is 18.6 Å². The third-order valence-corrected chi connectivity index (χ3v) is 5.75. The van der Waals surface area contributed by atoms with Gasteiger partial charge in [0.05, 0.1) is 12.8 Å². The van der Waals surface area contributed by atoms with E-state index >= 15 is 0 Å². The van der Waals surface area contributed by atoms with E-state index in [4.69, 9.17) is 9.47 Å². The Morgan fingerprint density at radius 2 is 1.77 bits per heavy atom. The van der Waals surface area contributed by atoms with Crippen molar-refractivity contribution in [1.82, 2.24) is 0 Å². The lowest BCUT2D eigenvalue weighted by Crippen LogP contribution is -2.31. The zero-order valence-corrected chi connectivity index (χ0v) is 18.5. The summed E-state index contributed by atoms with van der Waals surface area (Å²) in [5, 5.41) is 2.58. The van der Waals surface area contributed by atoms with Crippen molar-refractivity contribution in [3.05, 3.63) is 24.3 Å². The van der Waals surface area contributed by atoms with Gasteiger partial charge in [-0.05, 0) is 45.2 Å². The molecule has 30 heavy (non-hydrogen) atoms. The summed E-state index contributed by atoms with van der Waals surface area (Å²) in [6.07, 6.45) is 0.682. The Hall–Kier alpha value is -2.30. The summed E-state index contributed by atoms with van der Waals surface area (Å²) in [4.78, 5) is 35.5. The molecule has 1 N–H and O–H groups in total. The van der Waals surface area contributed by atoms with E-state index in [1.54, 1.807) is 6.07 Å². The van der Waals surface area contributed by atoms with Gasteiger partial charge in [0.1, 0.15) is 4.90 Å². The number of hydrogen-bond donors (Lipinski definition) is 1. The number of benzene rings is 1. The number of carbonyl (C=O) groups is 3. The molecule has 2 unspecified atom stereocenters. The van der Waals surface area contributed by atoms with E-state index in [0.29, 0.717) is 25.7 Å². The van der Waals surface area contributed by atoms with Crippen LogP contribution in [0.2, 0.25) is 0 Å². The maximum Gasteiger partial charge on any atom is 0.335 e. The lowest BCUT2D eigenvalue weighted by molar-refractivity contribution is -0.163. The van der Waals surface area contributed by atoms with Crippen LogP contribution in [0.15, 0.2) is 29.2 Å². The number of methoxy groups -OCH3 is 1. The second-order valence-electron chi connectivity index (χ2n) is 6.68. The number of hydrogen-bond acceptors (Lipinski definition) is 8. The fraction of sp³-hybridized carbons (Fsp3) is 0.550. The molecule has 0 saturated heterocycles. The molecule has 0 bridgehead atoms. The largest absolute Gasteiger partial charge is 0.452 e. The number of amides is 1. The highest BCUT2D eigenvalue weighted by atomic mass is 32.2. The molecule has 10 heteroatoms. The molecule has 170 valence electrons. The van der Waals surface area contributed by atoms with Crippen molar-refractivity contribution in [2.75, 3.05) is 19.5 Å². The van der Waals surface area contributed by atoms with E-state index in [1.165, 1.54) is 39.2 Å². The molecular formula is C20H31NO8S. The molecule has 1 rings (SSSR count). The molecule has 0 heterocycles. The van der Waals surface area contributed by atoms with E-state index in [0.717, 1.165) is 7.11 Å². The van der Waals surface area contributed by atoms with Gasteiger partial charge in [0.2, 0.25) is 5.91 Å². The van der Waals surface area contributed by atoms with Crippen LogP contribution in [0.5, 0.6) is 0 Å². The summed E-state index contributed by atoms with van der Waals surface area (Å²) >= 11 is 0. The number of rotatable bonds is 13. The van der Waals surface area contributed by atoms with E-state index in [-0.39, 0.29) is 30.1 Å². The van der Waals surface area contributed by atoms with Gasteiger partial charge < -0.3 is 14.8 Å². The second-order valence-corrected chi connectivity index (χ2v) is 8.36. The quantitative estimate of drug-likeness (QED) is 0.279.